The molecule has 4 rings (SSSR count). The summed E-state index contributed by atoms with van der Waals surface area (Å²) in [7, 11) is 0. The Kier molecular flexibility index (Phi) is 9.32. The smallest absolute Gasteiger partial charge is 0.335 e. The minimum absolute atomic E-state index is 0.0818. The van der Waals surface area contributed by atoms with Crippen LogP contribution in [-0.2, 0) is 24.5 Å². The van der Waals surface area contributed by atoms with Gasteiger partial charge in [-0.15, -0.1) is 0 Å². The van der Waals surface area contributed by atoms with Gasteiger partial charge in [-0.25, -0.2) is 4.79 Å². The Hall–Kier alpha value is -3.21. The third-order valence-corrected chi connectivity index (χ3v) is 7.02. The Balaban J connectivity index is 1.55. The highest BCUT2D eigenvalue weighted by Crippen LogP contribution is 2.36. The van der Waals surface area contributed by atoms with E-state index in [1.54, 1.807) is 31.2 Å². The summed E-state index contributed by atoms with van der Waals surface area (Å²) in [6, 6.07) is 8.28. The maximum absolute atomic E-state index is 13.8. The number of hydrogen-bond acceptors (Lipinski definition) is 7. The van der Waals surface area contributed by atoms with Crippen molar-refractivity contribution in [2.45, 2.75) is 18.8 Å². The highest BCUT2D eigenvalue weighted by Gasteiger charge is 2.57. The van der Waals surface area contributed by atoms with Gasteiger partial charge in [0.1, 0.15) is 0 Å². The summed E-state index contributed by atoms with van der Waals surface area (Å²) in [5, 5.41) is 0. The van der Waals surface area contributed by atoms with Crippen LogP contribution in [0.5, 0.6) is 0 Å². The average molecular weight is 507 g/mol. The quantitative estimate of drug-likeness (QED) is 0.417. The zero-order valence-electron chi connectivity index (χ0n) is 21.4. The molecule has 3 heterocycles. The molecule has 0 radical (unpaired) electrons. The molecule has 1 aromatic carbocycles. The molecule has 0 saturated carbocycles. The summed E-state index contributed by atoms with van der Waals surface area (Å²) in [5.41, 5.74) is -0.926. The Morgan fingerprint density at radius 3 is 1.57 bits per heavy atom. The highest BCUT2D eigenvalue weighted by molar-refractivity contribution is 6.23. The van der Waals surface area contributed by atoms with Crippen LogP contribution in [0.4, 0.5) is 4.79 Å². The monoisotopic (exact) mass is 506 g/mol. The summed E-state index contributed by atoms with van der Waals surface area (Å²) in [5.74, 6) is 11.0. The van der Waals surface area contributed by atoms with E-state index < -0.39 is 23.3 Å². The maximum atomic E-state index is 13.8. The SMILES string of the molecule is CCC1(c2ccccc2)C(=O)N(CC#CCN2CCOCC2)C(=O)N(CC#CCN2CCOCC2)C1=O. The zero-order valence-corrected chi connectivity index (χ0v) is 21.4. The van der Waals surface area contributed by atoms with Gasteiger partial charge in [0.05, 0.1) is 52.6 Å². The molecular weight excluding hydrogens is 472 g/mol. The fourth-order valence-corrected chi connectivity index (χ4v) is 4.75. The fraction of sp³-hybridized carbons (Fsp3) is 0.536. The molecule has 0 atom stereocenters. The largest absolute Gasteiger partial charge is 0.379 e. The van der Waals surface area contributed by atoms with Gasteiger partial charge in [-0.1, -0.05) is 60.9 Å². The lowest BCUT2D eigenvalue weighted by Crippen LogP contribution is -2.67. The number of carbonyl (C=O) groups is 3. The van der Waals surface area contributed by atoms with E-state index in [0.717, 1.165) is 36.0 Å². The van der Waals surface area contributed by atoms with Crippen molar-refractivity contribution < 1.29 is 23.9 Å². The molecule has 4 amide bonds. The Labute approximate surface area is 218 Å². The van der Waals surface area contributed by atoms with Crippen LogP contribution < -0.4 is 0 Å². The summed E-state index contributed by atoms with van der Waals surface area (Å²) in [4.78, 5) is 47.5. The first kappa shape index (κ1) is 26.8. The van der Waals surface area contributed by atoms with Crippen molar-refractivity contribution in [1.29, 1.82) is 0 Å². The number of barbiturate groups is 1. The number of urea groups is 1. The normalized spacial score (nSPS) is 20.7. The fourth-order valence-electron chi connectivity index (χ4n) is 4.75. The molecule has 3 aliphatic rings. The molecule has 0 bridgehead atoms. The van der Waals surface area contributed by atoms with E-state index in [1.807, 2.05) is 6.07 Å². The molecular formula is C28H34N4O5. The molecule has 9 heteroatoms. The molecule has 0 aromatic heterocycles. The summed E-state index contributed by atoms with van der Waals surface area (Å²) in [6.07, 6.45) is 0.220. The third-order valence-electron chi connectivity index (χ3n) is 7.02. The van der Waals surface area contributed by atoms with Crippen LogP contribution in [0.15, 0.2) is 30.3 Å². The predicted octanol–water partition coefficient (Wildman–Crippen LogP) is 0.796. The van der Waals surface area contributed by atoms with E-state index in [2.05, 4.69) is 33.5 Å². The number of amides is 4. The molecule has 0 N–H and O–H groups in total. The molecule has 0 spiro atoms. The molecule has 196 valence electrons. The van der Waals surface area contributed by atoms with Crippen molar-refractivity contribution in [3.8, 4) is 23.7 Å². The lowest BCUT2D eigenvalue weighted by molar-refractivity contribution is -0.151. The van der Waals surface area contributed by atoms with Crippen molar-refractivity contribution in [1.82, 2.24) is 19.6 Å². The highest BCUT2D eigenvalue weighted by atomic mass is 16.5. The van der Waals surface area contributed by atoms with E-state index in [0.29, 0.717) is 45.1 Å². The first-order valence-corrected chi connectivity index (χ1v) is 12.8. The molecule has 3 saturated heterocycles. The number of benzene rings is 1. The molecule has 0 aliphatic carbocycles. The van der Waals surface area contributed by atoms with E-state index in [9.17, 15) is 14.4 Å². The third kappa shape index (κ3) is 6.03. The van der Waals surface area contributed by atoms with Crippen LogP contribution in [0.3, 0.4) is 0 Å². The number of imide groups is 2. The van der Waals surface area contributed by atoms with Crippen molar-refractivity contribution in [3.05, 3.63) is 35.9 Å². The minimum atomic E-state index is -1.49. The average Bonchev–Trinajstić information content (AvgIpc) is 2.94. The number of hydrogen-bond donors (Lipinski definition) is 0. The van der Waals surface area contributed by atoms with Crippen LogP contribution in [0.2, 0.25) is 0 Å². The van der Waals surface area contributed by atoms with Crippen molar-refractivity contribution in [3.63, 3.8) is 0 Å². The number of morpholine rings is 2. The minimum Gasteiger partial charge on any atom is -0.379 e. The van der Waals surface area contributed by atoms with Gasteiger partial charge in [0.25, 0.3) is 11.8 Å². The summed E-state index contributed by atoms with van der Waals surface area (Å²) >= 11 is 0. The van der Waals surface area contributed by atoms with E-state index in [4.69, 9.17) is 9.47 Å². The lowest BCUT2D eigenvalue weighted by atomic mass is 9.74. The second-order valence-corrected chi connectivity index (χ2v) is 9.17. The van der Waals surface area contributed by atoms with Gasteiger partial charge in [0.2, 0.25) is 0 Å². The number of nitrogens with zero attached hydrogens (tertiary/aromatic N) is 4. The van der Waals surface area contributed by atoms with Crippen LogP contribution in [0, 0.1) is 23.7 Å². The van der Waals surface area contributed by atoms with Crippen molar-refractivity contribution >= 4 is 17.8 Å². The summed E-state index contributed by atoms with van der Waals surface area (Å²) < 4.78 is 10.7. The van der Waals surface area contributed by atoms with Crippen LogP contribution in [-0.4, -0.2) is 116 Å². The van der Waals surface area contributed by atoms with Gasteiger partial charge in [-0.2, -0.15) is 0 Å². The van der Waals surface area contributed by atoms with Gasteiger partial charge in [0.15, 0.2) is 5.41 Å². The van der Waals surface area contributed by atoms with Gasteiger partial charge in [-0.05, 0) is 12.0 Å². The van der Waals surface area contributed by atoms with E-state index >= 15 is 0 Å². The topological polar surface area (TPSA) is 82.6 Å². The first-order chi connectivity index (χ1) is 18.1. The Bertz CT molecular complexity index is 1030. The van der Waals surface area contributed by atoms with Gasteiger partial charge >= 0.3 is 6.03 Å². The van der Waals surface area contributed by atoms with Gasteiger partial charge in [0, 0.05) is 26.2 Å². The van der Waals surface area contributed by atoms with Gasteiger partial charge in [-0.3, -0.25) is 29.2 Å². The van der Waals surface area contributed by atoms with Crippen LogP contribution in [0.25, 0.3) is 0 Å². The zero-order chi connectivity index (χ0) is 26.1. The van der Waals surface area contributed by atoms with Crippen LogP contribution in [0.1, 0.15) is 18.9 Å². The second-order valence-electron chi connectivity index (χ2n) is 9.17. The molecule has 9 nitrogen and oxygen atoms in total. The van der Waals surface area contributed by atoms with Crippen LogP contribution >= 0.6 is 0 Å². The summed E-state index contributed by atoms with van der Waals surface area (Å²) in [6.45, 7) is 8.59. The van der Waals surface area contributed by atoms with Crippen molar-refractivity contribution in [2.75, 3.05) is 78.8 Å². The lowest BCUT2D eigenvalue weighted by Gasteiger charge is -2.43. The van der Waals surface area contributed by atoms with E-state index in [1.165, 1.54) is 0 Å². The molecule has 1 aromatic rings. The Morgan fingerprint density at radius 2 is 1.14 bits per heavy atom. The maximum Gasteiger partial charge on any atom is 0.335 e. The van der Waals surface area contributed by atoms with Crippen molar-refractivity contribution in [2.24, 2.45) is 0 Å². The Morgan fingerprint density at radius 1 is 0.703 bits per heavy atom. The predicted molar refractivity (Wildman–Crippen MR) is 137 cm³/mol. The molecule has 3 fully saturated rings. The second kappa shape index (κ2) is 12.8. The number of ether oxygens (including phenoxy) is 2. The number of carbonyl (C=O) groups excluding carboxylic acids is 3. The van der Waals surface area contributed by atoms with Gasteiger partial charge < -0.3 is 9.47 Å². The number of rotatable bonds is 6. The molecule has 3 aliphatic heterocycles. The first-order valence-electron chi connectivity index (χ1n) is 12.8. The molecule has 37 heavy (non-hydrogen) atoms. The van der Waals surface area contributed by atoms with E-state index in [-0.39, 0.29) is 19.5 Å². The standard InChI is InChI=1S/C28H34N4O5/c1-2-28(24-10-4-3-5-11-24)25(33)31(14-8-6-12-29-16-20-36-21-17-29)27(35)32(26(28)34)15-9-7-13-30-18-22-37-23-19-30/h3-5,10-11H,2,12-23H2,1H3. The molecule has 0 unspecified atom stereocenters.